The van der Waals surface area contributed by atoms with Gasteiger partial charge >= 0.3 is 0 Å². The Morgan fingerprint density at radius 1 is 0.778 bits per heavy atom. The predicted octanol–water partition coefficient (Wildman–Crippen LogP) is 5.05. The Bertz CT molecular complexity index is 1090. The molecule has 0 unspecified atom stereocenters. The molecule has 3 aromatic carbocycles. The summed E-state index contributed by atoms with van der Waals surface area (Å²) < 4.78 is 27.6. The van der Waals surface area contributed by atoms with Gasteiger partial charge in [0.2, 0.25) is 0 Å². The summed E-state index contributed by atoms with van der Waals surface area (Å²) in [5, 5.41) is 3.27. The van der Waals surface area contributed by atoms with E-state index < -0.39 is 15.9 Å². The first kappa shape index (κ1) is 19.2. The monoisotopic (exact) mass is 420 g/mol. The normalized spacial score (nSPS) is 11.0. The van der Waals surface area contributed by atoms with Crippen molar-refractivity contribution in [3.63, 3.8) is 0 Å². The van der Waals surface area contributed by atoms with Crippen molar-refractivity contribution in [2.45, 2.75) is 4.90 Å². The molecule has 3 aromatic rings. The number of benzene rings is 3. The third-order valence-corrected chi connectivity index (χ3v) is 5.78. The van der Waals surface area contributed by atoms with Gasteiger partial charge in [0.1, 0.15) is 0 Å². The molecule has 0 aliphatic rings. The first-order valence-corrected chi connectivity index (χ1v) is 10.0. The highest BCUT2D eigenvalue weighted by atomic mass is 35.5. The van der Waals surface area contributed by atoms with Gasteiger partial charge in [0.15, 0.2) is 0 Å². The van der Waals surface area contributed by atoms with Crippen molar-refractivity contribution in [3.8, 4) is 0 Å². The van der Waals surface area contributed by atoms with Gasteiger partial charge in [0.25, 0.3) is 15.9 Å². The Hall–Kier alpha value is -2.54. The molecule has 5 nitrogen and oxygen atoms in total. The number of carbonyl (C=O) groups excluding carboxylic acids is 1. The van der Waals surface area contributed by atoms with Crippen LogP contribution >= 0.6 is 23.2 Å². The number of carbonyl (C=O) groups is 1. The number of hydrogen-bond donors (Lipinski definition) is 2. The van der Waals surface area contributed by atoms with Crippen molar-refractivity contribution >= 4 is 50.5 Å². The highest BCUT2D eigenvalue weighted by Crippen LogP contribution is 2.26. The first-order chi connectivity index (χ1) is 12.9. The molecular weight excluding hydrogens is 407 g/mol. The van der Waals surface area contributed by atoms with E-state index in [-0.39, 0.29) is 15.6 Å². The Morgan fingerprint density at radius 3 is 2.07 bits per heavy atom. The zero-order valence-electron chi connectivity index (χ0n) is 13.8. The molecule has 8 heteroatoms. The summed E-state index contributed by atoms with van der Waals surface area (Å²) in [6.45, 7) is 0. The molecule has 2 N–H and O–H groups in total. The Morgan fingerprint density at radius 2 is 1.41 bits per heavy atom. The lowest BCUT2D eigenvalue weighted by Crippen LogP contribution is -2.17. The summed E-state index contributed by atoms with van der Waals surface area (Å²) in [5.41, 5.74) is 0.855. The van der Waals surface area contributed by atoms with Crippen LogP contribution in [0, 0.1) is 0 Å². The highest BCUT2D eigenvalue weighted by molar-refractivity contribution is 7.92. The van der Waals surface area contributed by atoms with E-state index in [4.69, 9.17) is 23.2 Å². The van der Waals surface area contributed by atoms with Crippen LogP contribution in [0.1, 0.15) is 10.4 Å². The van der Waals surface area contributed by atoms with Gasteiger partial charge in [-0.05, 0) is 42.5 Å². The third kappa shape index (κ3) is 4.60. The molecule has 0 aromatic heterocycles. The number of nitrogens with one attached hydrogen (secondary N) is 2. The Balaban J connectivity index is 1.86. The SMILES string of the molecule is O=C(Nc1ccccc1NS(=O)(=O)c1ccccc1)c1ccc(Cl)c(Cl)c1. The van der Waals surface area contributed by atoms with Crippen molar-refractivity contribution < 1.29 is 13.2 Å². The lowest BCUT2D eigenvalue weighted by Gasteiger charge is -2.14. The number of anilines is 2. The second kappa shape index (κ2) is 8.00. The molecule has 0 atom stereocenters. The summed E-state index contributed by atoms with van der Waals surface area (Å²) in [4.78, 5) is 12.6. The maximum Gasteiger partial charge on any atom is 0.261 e. The van der Waals surface area contributed by atoms with Gasteiger partial charge < -0.3 is 5.32 Å². The van der Waals surface area contributed by atoms with Crippen LogP contribution < -0.4 is 10.0 Å². The molecule has 3 rings (SSSR count). The molecule has 0 bridgehead atoms. The standard InChI is InChI=1S/C19H14Cl2N2O3S/c20-15-11-10-13(12-16(15)21)19(24)22-17-8-4-5-9-18(17)23-27(25,26)14-6-2-1-3-7-14/h1-12,23H,(H,22,24). The second-order valence-corrected chi connectivity index (χ2v) is 8.04. The summed E-state index contributed by atoms with van der Waals surface area (Å²) in [7, 11) is -3.79. The topological polar surface area (TPSA) is 75.3 Å². The predicted molar refractivity (Wildman–Crippen MR) is 108 cm³/mol. The van der Waals surface area contributed by atoms with Gasteiger partial charge in [-0.3, -0.25) is 9.52 Å². The summed E-state index contributed by atoms with van der Waals surface area (Å²) >= 11 is 11.8. The van der Waals surface area contributed by atoms with Crippen LogP contribution in [-0.2, 0) is 10.0 Å². The third-order valence-electron chi connectivity index (χ3n) is 3.65. The number of hydrogen-bond acceptors (Lipinski definition) is 3. The average Bonchev–Trinajstić information content (AvgIpc) is 2.66. The molecule has 0 aliphatic heterocycles. The first-order valence-electron chi connectivity index (χ1n) is 7.80. The number of halogens is 2. The fourth-order valence-corrected chi connectivity index (χ4v) is 3.72. The molecule has 1 amide bonds. The van der Waals surface area contributed by atoms with E-state index in [1.807, 2.05) is 0 Å². The van der Waals surface area contributed by atoms with Crippen molar-refractivity contribution in [1.82, 2.24) is 0 Å². The number of sulfonamides is 1. The average molecular weight is 421 g/mol. The van der Waals surface area contributed by atoms with Crippen LogP contribution in [0.3, 0.4) is 0 Å². The van der Waals surface area contributed by atoms with Gasteiger partial charge in [-0.1, -0.05) is 53.5 Å². The van der Waals surface area contributed by atoms with Crippen LogP contribution in [0.5, 0.6) is 0 Å². The van der Waals surface area contributed by atoms with Crippen molar-refractivity contribution in [2.24, 2.45) is 0 Å². The molecule has 0 heterocycles. The van der Waals surface area contributed by atoms with E-state index in [2.05, 4.69) is 10.0 Å². The van der Waals surface area contributed by atoms with E-state index in [1.54, 1.807) is 42.5 Å². The maximum absolute atomic E-state index is 12.5. The van der Waals surface area contributed by atoms with Crippen LogP contribution in [0.4, 0.5) is 11.4 Å². The molecule has 27 heavy (non-hydrogen) atoms. The minimum absolute atomic E-state index is 0.121. The van der Waals surface area contributed by atoms with Gasteiger partial charge in [0, 0.05) is 5.56 Å². The molecule has 0 saturated carbocycles. The zero-order valence-corrected chi connectivity index (χ0v) is 16.1. The van der Waals surface area contributed by atoms with Gasteiger partial charge in [0.05, 0.1) is 26.3 Å². The molecule has 138 valence electrons. The minimum Gasteiger partial charge on any atom is -0.320 e. The molecule has 0 saturated heterocycles. The van der Waals surface area contributed by atoms with Crippen molar-refractivity contribution in [1.29, 1.82) is 0 Å². The van der Waals surface area contributed by atoms with E-state index in [0.717, 1.165) is 0 Å². The lowest BCUT2D eigenvalue weighted by molar-refractivity contribution is 0.102. The van der Waals surface area contributed by atoms with Crippen LogP contribution in [-0.4, -0.2) is 14.3 Å². The largest absolute Gasteiger partial charge is 0.320 e. The second-order valence-electron chi connectivity index (χ2n) is 5.55. The summed E-state index contributed by atoms with van der Waals surface area (Å²) in [6, 6.07) is 19.0. The number of amides is 1. The smallest absolute Gasteiger partial charge is 0.261 e. The van der Waals surface area contributed by atoms with Crippen molar-refractivity contribution in [3.05, 3.63) is 88.4 Å². The molecular formula is C19H14Cl2N2O3S. The maximum atomic E-state index is 12.5. The van der Waals surface area contributed by atoms with Gasteiger partial charge in [-0.2, -0.15) is 0 Å². The lowest BCUT2D eigenvalue weighted by atomic mass is 10.2. The summed E-state index contributed by atoms with van der Waals surface area (Å²) in [5.74, 6) is -0.445. The quantitative estimate of drug-likeness (QED) is 0.606. The van der Waals surface area contributed by atoms with E-state index in [9.17, 15) is 13.2 Å². The fourth-order valence-electron chi connectivity index (χ4n) is 2.32. The van der Waals surface area contributed by atoms with Gasteiger partial charge in [-0.25, -0.2) is 8.42 Å². The molecule has 0 spiro atoms. The zero-order chi connectivity index (χ0) is 19.4. The molecule has 0 aliphatic carbocycles. The van der Waals surface area contributed by atoms with E-state index >= 15 is 0 Å². The van der Waals surface area contributed by atoms with Crippen molar-refractivity contribution in [2.75, 3.05) is 10.0 Å². The van der Waals surface area contributed by atoms with E-state index in [0.29, 0.717) is 16.3 Å². The molecule has 0 fully saturated rings. The number of para-hydroxylation sites is 2. The number of rotatable bonds is 5. The summed E-state index contributed by atoms with van der Waals surface area (Å²) in [6.07, 6.45) is 0. The van der Waals surface area contributed by atoms with Gasteiger partial charge in [-0.15, -0.1) is 0 Å². The highest BCUT2D eigenvalue weighted by Gasteiger charge is 2.17. The molecule has 0 radical (unpaired) electrons. The fraction of sp³-hybridized carbons (Fsp3) is 0. The van der Waals surface area contributed by atoms with Crippen LogP contribution in [0.25, 0.3) is 0 Å². The Labute approximate surface area is 167 Å². The van der Waals surface area contributed by atoms with Crippen LogP contribution in [0.15, 0.2) is 77.7 Å². The minimum atomic E-state index is -3.79. The van der Waals surface area contributed by atoms with Crippen LogP contribution in [0.2, 0.25) is 10.0 Å². The van der Waals surface area contributed by atoms with E-state index in [1.165, 1.54) is 30.3 Å². The Kier molecular flexibility index (Phi) is 5.70.